The van der Waals surface area contributed by atoms with Gasteiger partial charge in [0.2, 0.25) is 5.91 Å². The summed E-state index contributed by atoms with van der Waals surface area (Å²) in [6, 6.07) is 5.30. The van der Waals surface area contributed by atoms with Gasteiger partial charge in [0, 0.05) is 19.7 Å². The van der Waals surface area contributed by atoms with E-state index in [1.54, 1.807) is 6.20 Å². The van der Waals surface area contributed by atoms with Gasteiger partial charge in [0.15, 0.2) is 0 Å². The maximum absolute atomic E-state index is 10.9. The Hall–Kier alpha value is -1.42. The highest BCUT2D eigenvalue weighted by atomic mass is 16.3. The number of nitrogens with one attached hydrogen (secondary N) is 1. The Labute approximate surface area is 83.0 Å². The van der Waals surface area contributed by atoms with Crippen LogP contribution in [-0.2, 0) is 4.79 Å². The molecule has 1 atom stereocenters. The number of aliphatic hydroxyl groups is 1. The number of aliphatic hydroxyl groups excluding tert-OH is 1. The minimum absolute atomic E-state index is 0.0293. The molecule has 76 valence electrons. The molecule has 4 heteroatoms. The van der Waals surface area contributed by atoms with Crippen LogP contribution in [-0.4, -0.2) is 22.6 Å². The normalized spacial score (nSPS) is 12.1. The van der Waals surface area contributed by atoms with E-state index in [-0.39, 0.29) is 18.6 Å². The Morgan fingerprint density at radius 1 is 1.64 bits per heavy atom. The lowest BCUT2D eigenvalue weighted by molar-refractivity contribution is -0.119. The Bertz CT molecular complexity index is 287. The second-order valence-corrected chi connectivity index (χ2v) is 3.02. The number of pyridine rings is 1. The average molecular weight is 194 g/mol. The van der Waals surface area contributed by atoms with Crippen molar-refractivity contribution in [2.45, 2.75) is 19.4 Å². The standard InChI is InChI=1S/C10H14N2O2/c1-8(14)12-10(5-7-13)9-4-2-3-6-11-9/h2-4,6,10,13H,5,7H2,1H3,(H,12,14). The van der Waals surface area contributed by atoms with Gasteiger partial charge in [-0.05, 0) is 18.6 Å². The minimum Gasteiger partial charge on any atom is -0.396 e. The summed E-state index contributed by atoms with van der Waals surface area (Å²) in [7, 11) is 0. The second kappa shape index (κ2) is 5.34. The molecule has 0 aromatic carbocycles. The van der Waals surface area contributed by atoms with E-state index in [4.69, 9.17) is 5.11 Å². The number of amides is 1. The van der Waals surface area contributed by atoms with Gasteiger partial charge in [0.25, 0.3) is 0 Å². The Morgan fingerprint density at radius 2 is 2.43 bits per heavy atom. The van der Waals surface area contributed by atoms with Crippen molar-refractivity contribution < 1.29 is 9.90 Å². The Morgan fingerprint density at radius 3 is 2.93 bits per heavy atom. The lowest BCUT2D eigenvalue weighted by Crippen LogP contribution is -2.27. The van der Waals surface area contributed by atoms with Gasteiger partial charge < -0.3 is 10.4 Å². The van der Waals surface area contributed by atoms with E-state index < -0.39 is 0 Å². The third-order valence-electron chi connectivity index (χ3n) is 1.84. The fourth-order valence-electron chi connectivity index (χ4n) is 1.25. The van der Waals surface area contributed by atoms with Gasteiger partial charge in [0.1, 0.15) is 0 Å². The van der Waals surface area contributed by atoms with Crippen LogP contribution in [0.2, 0.25) is 0 Å². The molecule has 14 heavy (non-hydrogen) atoms. The van der Waals surface area contributed by atoms with Crippen LogP contribution >= 0.6 is 0 Å². The minimum atomic E-state index is -0.196. The number of carbonyl (C=O) groups excluding carboxylic acids is 1. The fraction of sp³-hybridized carbons (Fsp3) is 0.400. The van der Waals surface area contributed by atoms with Crippen LogP contribution in [0.3, 0.4) is 0 Å². The zero-order chi connectivity index (χ0) is 10.4. The van der Waals surface area contributed by atoms with Crippen molar-refractivity contribution in [1.29, 1.82) is 0 Å². The highest BCUT2D eigenvalue weighted by molar-refractivity contribution is 5.73. The van der Waals surface area contributed by atoms with Gasteiger partial charge in [-0.1, -0.05) is 6.07 Å². The summed E-state index contributed by atoms with van der Waals surface area (Å²) in [5.41, 5.74) is 0.775. The molecular formula is C10H14N2O2. The smallest absolute Gasteiger partial charge is 0.217 e. The number of rotatable bonds is 4. The van der Waals surface area contributed by atoms with Crippen LogP contribution in [0.5, 0.6) is 0 Å². The van der Waals surface area contributed by atoms with E-state index in [2.05, 4.69) is 10.3 Å². The molecule has 1 heterocycles. The van der Waals surface area contributed by atoms with Gasteiger partial charge >= 0.3 is 0 Å². The first-order valence-electron chi connectivity index (χ1n) is 4.53. The summed E-state index contributed by atoms with van der Waals surface area (Å²) in [5.74, 6) is -0.117. The van der Waals surface area contributed by atoms with E-state index >= 15 is 0 Å². The van der Waals surface area contributed by atoms with Gasteiger partial charge in [-0.2, -0.15) is 0 Å². The molecule has 0 fully saturated rings. The molecular weight excluding hydrogens is 180 g/mol. The zero-order valence-corrected chi connectivity index (χ0v) is 8.10. The van der Waals surface area contributed by atoms with Crippen molar-refractivity contribution in [2.75, 3.05) is 6.61 Å². The molecule has 0 spiro atoms. The monoisotopic (exact) mass is 194 g/mol. The summed E-state index contributed by atoms with van der Waals surface area (Å²) in [6.45, 7) is 1.48. The highest BCUT2D eigenvalue weighted by Gasteiger charge is 2.12. The van der Waals surface area contributed by atoms with Crippen molar-refractivity contribution in [3.05, 3.63) is 30.1 Å². The van der Waals surface area contributed by atoms with Crippen molar-refractivity contribution in [1.82, 2.24) is 10.3 Å². The zero-order valence-electron chi connectivity index (χ0n) is 8.10. The summed E-state index contributed by atoms with van der Waals surface area (Å²) >= 11 is 0. The molecule has 0 aliphatic rings. The van der Waals surface area contributed by atoms with Crippen molar-refractivity contribution in [2.24, 2.45) is 0 Å². The maximum atomic E-state index is 10.9. The predicted octanol–water partition coefficient (Wildman–Crippen LogP) is 0.641. The lowest BCUT2D eigenvalue weighted by Gasteiger charge is -2.15. The van der Waals surface area contributed by atoms with E-state index in [0.717, 1.165) is 5.69 Å². The molecule has 0 aliphatic carbocycles. The summed E-state index contributed by atoms with van der Waals surface area (Å²) < 4.78 is 0. The summed E-state index contributed by atoms with van der Waals surface area (Å²) in [6.07, 6.45) is 2.15. The molecule has 1 aromatic heterocycles. The van der Waals surface area contributed by atoms with Crippen LogP contribution in [0, 0.1) is 0 Å². The average Bonchev–Trinajstić information content (AvgIpc) is 2.18. The van der Waals surface area contributed by atoms with Crippen LogP contribution in [0.4, 0.5) is 0 Å². The van der Waals surface area contributed by atoms with Crippen LogP contribution in [0.15, 0.2) is 24.4 Å². The summed E-state index contributed by atoms with van der Waals surface area (Å²) in [4.78, 5) is 15.0. The third-order valence-corrected chi connectivity index (χ3v) is 1.84. The second-order valence-electron chi connectivity index (χ2n) is 3.02. The Balaban J connectivity index is 2.72. The van der Waals surface area contributed by atoms with E-state index in [0.29, 0.717) is 6.42 Å². The third kappa shape index (κ3) is 3.14. The molecule has 0 radical (unpaired) electrons. The van der Waals surface area contributed by atoms with Crippen molar-refractivity contribution in [3.8, 4) is 0 Å². The van der Waals surface area contributed by atoms with E-state index in [1.807, 2.05) is 18.2 Å². The molecule has 0 aliphatic heterocycles. The molecule has 0 saturated heterocycles. The first-order valence-corrected chi connectivity index (χ1v) is 4.53. The molecule has 1 aromatic rings. The molecule has 0 bridgehead atoms. The molecule has 2 N–H and O–H groups in total. The molecule has 1 unspecified atom stereocenters. The van der Waals surface area contributed by atoms with Crippen LogP contribution in [0.1, 0.15) is 25.1 Å². The van der Waals surface area contributed by atoms with Gasteiger partial charge in [-0.15, -0.1) is 0 Å². The van der Waals surface area contributed by atoms with Crippen molar-refractivity contribution >= 4 is 5.91 Å². The van der Waals surface area contributed by atoms with Gasteiger partial charge in [0.05, 0.1) is 11.7 Å². The van der Waals surface area contributed by atoms with E-state index in [9.17, 15) is 4.79 Å². The molecule has 4 nitrogen and oxygen atoms in total. The number of carbonyl (C=O) groups is 1. The summed E-state index contributed by atoms with van der Waals surface area (Å²) in [5, 5.41) is 11.6. The molecule has 0 saturated carbocycles. The predicted molar refractivity (Wildman–Crippen MR) is 52.5 cm³/mol. The van der Waals surface area contributed by atoms with Crippen LogP contribution in [0.25, 0.3) is 0 Å². The quantitative estimate of drug-likeness (QED) is 0.739. The number of hydrogen-bond acceptors (Lipinski definition) is 3. The number of nitrogens with zero attached hydrogens (tertiary/aromatic N) is 1. The van der Waals surface area contributed by atoms with Gasteiger partial charge in [-0.25, -0.2) is 0 Å². The number of hydrogen-bond donors (Lipinski definition) is 2. The first-order chi connectivity index (χ1) is 6.74. The molecule has 1 rings (SSSR count). The van der Waals surface area contributed by atoms with E-state index in [1.165, 1.54) is 6.92 Å². The Kier molecular flexibility index (Phi) is 4.07. The highest BCUT2D eigenvalue weighted by Crippen LogP contribution is 2.12. The molecule has 1 amide bonds. The topological polar surface area (TPSA) is 62.2 Å². The fourth-order valence-corrected chi connectivity index (χ4v) is 1.25. The van der Waals surface area contributed by atoms with Crippen LogP contribution < -0.4 is 5.32 Å². The SMILES string of the molecule is CC(=O)NC(CCO)c1ccccn1. The largest absolute Gasteiger partial charge is 0.396 e. The maximum Gasteiger partial charge on any atom is 0.217 e. The lowest BCUT2D eigenvalue weighted by atomic mass is 10.1. The van der Waals surface area contributed by atoms with Gasteiger partial charge in [-0.3, -0.25) is 9.78 Å². The van der Waals surface area contributed by atoms with Crippen molar-refractivity contribution in [3.63, 3.8) is 0 Å². The first kappa shape index (κ1) is 10.7. The number of aromatic nitrogens is 1.